The van der Waals surface area contributed by atoms with Crippen molar-refractivity contribution in [3.05, 3.63) is 29.8 Å². The van der Waals surface area contributed by atoms with Crippen LogP contribution in [-0.4, -0.2) is 159 Å². The molecule has 1 aliphatic rings. The van der Waals surface area contributed by atoms with Gasteiger partial charge in [0.15, 0.2) is 0 Å². The maximum atomic E-state index is 13.0. The molecule has 16 heteroatoms. The Bertz CT molecular complexity index is 1060. The zero-order valence-corrected chi connectivity index (χ0v) is 28.2. The summed E-state index contributed by atoms with van der Waals surface area (Å²) in [7, 11) is 0. The van der Waals surface area contributed by atoms with Crippen LogP contribution in [0.2, 0.25) is 0 Å². The Morgan fingerprint density at radius 2 is 1.04 bits per heavy atom. The van der Waals surface area contributed by atoms with Crippen molar-refractivity contribution in [2.24, 2.45) is 0 Å². The van der Waals surface area contributed by atoms with Crippen molar-refractivity contribution in [3.8, 4) is 0 Å². The fourth-order valence-electron chi connectivity index (χ4n) is 4.84. The standard InChI is InChI=1S/C29H47N7O8.Gd/c1-3-32(4-2)10-9-30-29(44)23-5-7-24(8-6-23)31-25(37)19-33-11-13-34(20-26(38)39)15-17-36(22-28(42)43)18-16-35(14-12-33)21-27(40)41;/h5-8H,3-4,9-22H2,1-2H3,(H,30,44)(H,31,37)(H,38,39)(H,40,41)(H,42,43);/q;+3/p-3. The van der Waals surface area contributed by atoms with Crippen LogP contribution >= 0.6 is 0 Å². The van der Waals surface area contributed by atoms with E-state index < -0.39 is 17.9 Å². The first-order valence-corrected chi connectivity index (χ1v) is 14.9. The smallest absolute Gasteiger partial charge is 0.549 e. The molecule has 2 amide bonds. The van der Waals surface area contributed by atoms with E-state index in [0.717, 1.165) is 19.6 Å². The molecule has 0 bridgehead atoms. The van der Waals surface area contributed by atoms with Crippen LogP contribution in [0.4, 0.5) is 5.69 Å². The summed E-state index contributed by atoms with van der Waals surface area (Å²) in [6.45, 7) is 7.96. The summed E-state index contributed by atoms with van der Waals surface area (Å²) >= 11 is 0. The average molecular weight is 776 g/mol. The number of likely N-dealkylation sites (N-methyl/N-ethyl adjacent to an activating group) is 1. The van der Waals surface area contributed by atoms with E-state index in [4.69, 9.17) is 0 Å². The molecule has 1 radical (unpaired) electrons. The first-order chi connectivity index (χ1) is 21.0. The maximum Gasteiger partial charge on any atom is 3.00 e. The molecule has 2 N–H and O–H groups in total. The van der Waals surface area contributed by atoms with E-state index in [0.29, 0.717) is 17.8 Å². The first kappa shape index (κ1) is 40.7. The van der Waals surface area contributed by atoms with Crippen LogP contribution in [0.25, 0.3) is 0 Å². The van der Waals surface area contributed by atoms with Crippen LogP contribution in [0.3, 0.4) is 0 Å². The van der Waals surface area contributed by atoms with Gasteiger partial charge in [-0.3, -0.25) is 29.2 Å². The molecule has 1 aromatic rings. The Balaban J connectivity index is 0.0000101. The molecular weight excluding hydrogens is 732 g/mol. The predicted octanol–water partition coefficient (Wildman–Crippen LogP) is -4.83. The van der Waals surface area contributed by atoms with E-state index in [1.54, 1.807) is 43.9 Å². The van der Waals surface area contributed by atoms with Gasteiger partial charge in [-0.1, -0.05) is 13.8 Å². The number of benzene rings is 1. The van der Waals surface area contributed by atoms with E-state index in [1.165, 1.54) is 0 Å². The number of carbonyl (C=O) groups is 5. The number of amides is 2. The van der Waals surface area contributed by atoms with Crippen molar-refractivity contribution in [3.63, 3.8) is 0 Å². The molecule has 1 saturated heterocycles. The third-order valence-electron chi connectivity index (χ3n) is 7.39. The molecule has 0 atom stereocenters. The normalized spacial score (nSPS) is 16.2. The number of carbonyl (C=O) groups excluding carboxylic acids is 5. The molecule has 0 unspecified atom stereocenters. The van der Waals surface area contributed by atoms with Gasteiger partial charge in [0.25, 0.3) is 5.91 Å². The van der Waals surface area contributed by atoms with Gasteiger partial charge in [-0.2, -0.15) is 0 Å². The van der Waals surface area contributed by atoms with E-state index in [1.807, 2.05) is 0 Å². The van der Waals surface area contributed by atoms with Crippen molar-refractivity contribution in [1.82, 2.24) is 29.8 Å². The van der Waals surface area contributed by atoms with Gasteiger partial charge < -0.3 is 45.2 Å². The molecule has 1 heterocycles. The number of carboxylic acids is 3. The van der Waals surface area contributed by atoms with Crippen molar-refractivity contribution in [2.75, 3.05) is 110 Å². The number of hydrogen-bond donors (Lipinski definition) is 2. The summed E-state index contributed by atoms with van der Waals surface area (Å²) in [6, 6.07) is 6.51. The number of anilines is 1. The molecule has 1 aromatic carbocycles. The van der Waals surface area contributed by atoms with Gasteiger partial charge in [-0.05, 0) is 37.4 Å². The maximum absolute atomic E-state index is 13.0. The molecule has 0 spiro atoms. The van der Waals surface area contributed by atoms with Gasteiger partial charge in [-0.25, -0.2) is 0 Å². The summed E-state index contributed by atoms with van der Waals surface area (Å²) in [5.74, 6) is -4.41. The number of nitrogens with one attached hydrogen (secondary N) is 2. The zero-order chi connectivity index (χ0) is 32.5. The van der Waals surface area contributed by atoms with Gasteiger partial charge in [0.05, 0.1) is 24.5 Å². The summed E-state index contributed by atoms with van der Waals surface area (Å²) in [6.07, 6.45) is 0. The van der Waals surface area contributed by atoms with Crippen molar-refractivity contribution < 1.29 is 79.2 Å². The molecule has 0 saturated carbocycles. The van der Waals surface area contributed by atoms with E-state index in [-0.39, 0.29) is 130 Å². The number of nitrogens with zero attached hydrogens (tertiary/aromatic N) is 5. The topological polar surface area (TPSA) is 195 Å². The fraction of sp³-hybridized carbons (Fsp3) is 0.621. The molecule has 0 aromatic heterocycles. The Labute approximate surface area is 296 Å². The van der Waals surface area contributed by atoms with Crippen molar-refractivity contribution in [2.45, 2.75) is 13.8 Å². The van der Waals surface area contributed by atoms with Crippen LogP contribution in [-0.2, 0) is 19.2 Å². The summed E-state index contributed by atoms with van der Waals surface area (Å²) in [4.78, 5) is 68.1. The first-order valence-electron chi connectivity index (χ1n) is 14.9. The van der Waals surface area contributed by atoms with Crippen LogP contribution in [0, 0.1) is 39.9 Å². The van der Waals surface area contributed by atoms with E-state index in [2.05, 4.69) is 29.4 Å². The molecule has 15 nitrogen and oxygen atoms in total. The summed E-state index contributed by atoms with van der Waals surface area (Å²) < 4.78 is 0. The fourth-order valence-corrected chi connectivity index (χ4v) is 4.84. The number of rotatable bonds is 15. The third-order valence-corrected chi connectivity index (χ3v) is 7.39. The van der Waals surface area contributed by atoms with E-state index in [9.17, 15) is 39.3 Å². The zero-order valence-electron chi connectivity index (χ0n) is 26.0. The Hall–Kier alpha value is -2.31. The second-order valence-electron chi connectivity index (χ2n) is 10.6. The van der Waals surface area contributed by atoms with Crippen molar-refractivity contribution >= 4 is 35.4 Å². The second-order valence-corrected chi connectivity index (χ2v) is 10.6. The van der Waals surface area contributed by atoms with E-state index >= 15 is 0 Å². The summed E-state index contributed by atoms with van der Waals surface area (Å²) in [5.41, 5.74) is 0.957. The Morgan fingerprint density at radius 1 is 0.667 bits per heavy atom. The number of aliphatic carboxylic acids is 3. The van der Waals surface area contributed by atoms with Crippen LogP contribution in [0.5, 0.6) is 0 Å². The minimum atomic E-state index is -1.30. The Kier molecular flexibility index (Phi) is 20.1. The summed E-state index contributed by atoms with van der Waals surface area (Å²) in [5, 5.41) is 39.6. The van der Waals surface area contributed by atoms with Crippen LogP contribution < -0.4 is 26.0 Å². The quantitative estimate of drug-likeness (QED) is 0.173. The number of carboxylic acid groups (broad SMARTS) is 3. The van der Waals surface area contributed by atoms with Gasteiger partial charge in [0.2, 0.25) is 5.91 Å². The molecule has 1 fully saturated rings. The van der Waals surface area contributed by atoms with Crippen LogP contribution in [0.1, 0.15) is 24.2 Å². The van der Waals surface area contributed by atoms with Gasteiger partial charge in [0, 0.05) is 96.3 Å². The van der Waals surface area contributed by atoms with Gasteiger partial charge in [0.1, 0.15) is 0 Å². The molecule has 1 aliphatic heterocycles. The van der Waals surface area contributed by atoms with Gasteiger partial charge >= 0.3 is 39.9 Å². The SMILES string of the molecule is CCN(CC)CCNC(=O)c1ccc(NC(=O)CN2CCN(CC(=O)[O-])CCN(CC(=O)[O-])CCN(CC(=O)[O-])CC2)cc1.[Gd+3]. The van der Waals surface area contributed by atoms with Crippen LogP contribution in [0.15, 0.2) is 24.3 Å². The largest absolute Gasteiger partial charge is 3.00 e. The predicted molar refractivity (Wildman–Crippen MR) is 156 cm³/mol. The Morgan fingerprint density at radius 3 is 1.40 bits per heavy atom. The second kappa shape index (κ2) is 22.3. The molecule has 0 aliphatic carbocycles. The molecule has 2 rings (SSSR count). The minimum absolute atomic E-state index is 0. The molecule has 251 valence electrons. The minimum Gasteiger partial charge on any atom is -0.549 e. The van der Waals surface area contributed by atoms with Gasteiger partial charge in [-0.15, -0.1) is 0 Å². The number of hydrogen-bond acceptors (Lipinski definition) is 13. The molecule has 45 heavy (non-hydrogen) atoms. The average Bonchev–Trinajstić information content (AvgIpc) is 2.96. The third kappa shape index (κ3) is 17.3. The monoisotopic (exact) mass is 776 g/mol. The molecular formula is C29H44GdN7O8. The van der Waals surface area contributed by atoms with Crippen molar-refractivity contribution in [1.29, 1.82) is 0 Å².